The van der Waals surface area contributed by atoms with Gasteiger partial charge in [-0.1, -0.05) is 69.6 Å². The molecule has 0 saturated carbocycles. The third-order valence-electron chi connectivity index (χ3n) is 3.71. The highest BCUT2D eigenvalue weighted by Gasteiger charge is 2.24. The first-order valence-corrected chi connectivity index (χ1v) is 9.48. The number of rotatable bonds is 3. The summed E-state index contributed by atoms with van der Waals surface area (Å²) >= 11 is 37.0. The summed E-state index contributed by atoms with van der Waals surface area (Å²) in [7, 11) is 0. The Labute approximate surface area is 184 Å². The van der Waals surface area contributed by atoms with Crippen molar-refractivity contribution in [3.05, 3.63) is 72.4 Å². The lowest BCUT2D eigenvalue weighted by atomic mass is 9.94. The minimum Gasteiger partial charge on any atom is -0.478 e. The lowest BCUT2D eigenvalue weighted by Crippen LogP contribution is -2.05. The number of halogens is 6. The summed E-state index contributed by atoms with van der Waals surface area (Å²) in [6, 6.07) is 5.85. The van der Waals surface area contributed by atoms with Crippen molar-refractivity contribution >= 4 is 75.6 Å². The summed E-state index contributed by atoms with van der Waals surface area (Å²) in [6.07, 6.45) is 2.71. The van der Waals surface area contributed by atoms with E-state index in [9.17, 15) is 9.90 Å². The largest absolute Gasteiger partial charge is 0.478 e. The fourth-order valence-corrected chi connectivity index (χ4v) is 4.71. The first kappa shape index (κ1) is 20.5. The van der Waals surface area contributed by atoms with Crippen LogP contribution in [0.25, 0.3) is 22.3 Å². The molecule has 0 amide bonds. The van der Waals surface area contributed by atoms with Gasteiger partial charge in [-0.05, 0) is 24.3 Å². The van der Waals surface area contributed by atoms with E-state index < -0.39 is 5.97 Å². The van der Waals surface area contributed by atoms with Crippen LogP contribution in [0.3, 0.4) is 0 Å². The molecule has 1 aromatic heterocycles. The van der Waals surface area contributed by atoms with Gasteiger partial charge >= 0.3 is 5.97 Å². The van der Waals surface area contributed by atoms with Crippen molar-refractivity contribution in [2.45, 2.75) is 0 Å². The second kappa shape index (κ2) is 8.04. The number of aromatic carboxylic acids is 1. The van der Waals surface area contributed by atoms with Gasteiger partial charge in [0.15, 0.2) is 0 Å². The molecule has 138 valence electrons. The quantitative estimate of drug-likeness (QED) is 0.412. The molecular weight excluding hydrogens is 475 g/mol. The summed E-state index contributed by atoms with van der Waals surface area (Å²) in [5.74, 6) is -1.23. The van der Waals surface area contributed by atoms with Crippen LogP contribution in [0.5, 0.6) is 0 Å². The van der Waals surface area contributed by atoms with Gasteiger partial charge in [0.1, 0.15) is 0 Å². The van der Waals surface area contributed by atoms with E-state index in [0.717, 1.165) is 0 Å². The number of hydrogen-bond donors (Lipinski definition) is 1. The average Bonchev–Trinajstić information content (AvgIpc) is 2.52. The smallest absolute Gasteiger partial charge is 0.337 e. The maximum Gasteiger partial charge on any atom is 0.337 e. The molecule has 9 heteroatoms. The van der Waals surface area contributed by atoms with Crippen LogP contribution in [-0.4, -0.2) is 16.1 Å². The Morgan fingerprint density at radius 2 is 1.04 bits per heavy atom. The number of carboxylic acid groups (broad SMARTS) is 1. The molecule has 0 spiro atoms. The van der Waals surface area contributed by atoms with Gasteiger partial charge in [0, 0.05) is 44.7 Å². The summed E-state index contributed by atoms with van der Waals surface area (Å²) in [5, 5.41) is 11.3. The predicted molar refractivity (Wildman–Crippen MR) is 112 cm³/mol. The van der Waals surface area contributed by atoms with Gasteiger partial charge in [0.05, 0.1) is 25.7 Å². The molecule has 27 heavy (non-hydrogen) atoms. The van der Waals surface area contributed by atoms with E-state index in [1.54, 1.807) is 0 Å². The molecule has 0 fully saturated rings. The third kappa shape index (κ3) is 4.00. The molecule has 2 aromatic carbocycles. The Kier molecular flexibility index (Phi) is 6.11. The molecule has 0 unspecified atom stereocenters. The van der Waals surface area contributed by atoms with E-state index in [1.807, 2.05) is 0 Å². The van der Waals surface area contributed by atoms with E-state index >= 15 is 0 Å². The Morgan fingerprint density at radius 1 is 0.704 bits per heavy atom. The Morgan fingerprint density at radius 3 is 1.33 bits per heavy atom. The van der Waals surface area contributed by atoms with E-state index in [1.165, 1.54) is 36.7 Å². The summed E-state index contributed by atoms with van der Waals surface area (Å²) in [5.41, 5.74) is 0.871. The Balaban J connectivity index is 2.39. The van der Waals surface area contributed by atoms with Gasteiger partial charge < -0.3 is 5.11 Å². The number of benzene rings is 2. The van der Waals surface area contributed by atoms with E-state index in [0.29, 0.717) is 10.0 Å². The normalized spacial score (nSPS) is 10.9. The Hall–Kier alpha value is -1.20. The number of carbonyl (C=O) groups is 1. The zero-order chi connectivity index (χ0) is 19.9. The zero-order valence-corrected chi connectivity index (χ0v) is 17.6. The number of pyridine rings is 1. The number of nitrogens with zero attached hydrogens (tertiary/aromatic N) is 1. The first-order chi connectivity index (χ1) is 12.7. The highest BCUT2D eigenvalue weighted by Crippen LogP contribution is 2.44. The number of carboxylic acids is 1. The maximum absolute atomic E-state index is 12.1. The maximum atomic E-state index is 12.1. The SMILES string of the molecule is O=C(O)c1c(-c2c(Cl)cc(Cl)cc2Cl)cncc1-c1c(Cl)cc(Cl)cc1Cl. The molecule has 1 heterocycles. The van der Waals surface area contributed by atoms with Gasteiger partial charge in [0.2, 0.25) is 0 Å². The molecule has 0 aliphatic carbocycles. The lowest BCUT2D eigenvalue weighted by molar-refractivity contribution is 0.0698. The van der Waals surface area contributed by atoms with Crippen LogP contribution in [0.15, 0.2) is 36.7 Å². The van der Waals surface area contributed by atoms with Crippen LogP contribution < -0.4 is 0 Å². The molecular formula is C18H7Cl6NO2. The van der Waals surface area contributed by atoms with Crippen LogP contribution >= 0.6 is 69.6 Å². The zero-order valence-electron chi connectivity index (χ0n) is 13.0. The average molecular weight is 482 g/mol. The van der Waals surface area contributed by atoms with Gasteiger partial charge in [-0.3, -0.25) is 4.98 Å². The number of hydrogen-bond acceptors (Lipinski definition) is 2. The topological polar surface area (TPSA) is 50.2 Å². The molecule has 3 nitrogen and oxygen atoms in total. The molecule has 0 aliphatic rings. The van der Waals surface area contributed by atoms with Crippen LogP contribution in [0.2, 0.25) is 30.1 Å². The van der Waals surface area contributed by atoms with E-state index in [2.05, 4.69) is 4.98 Å². The van der Waals surface area contributed by atoms with Gasteiger partial charge in [-0.15, -0.1) is 0 Å². The fourth-order valence-electron chi connectivity index (χ4n) is 2.67. The second-order valence-corrected chi connectivity index (χ2v) is 7.91. The highest BCUT2D eigenvalue weighted by atomic mass is 35.5. The van der Waals surface area contributed by atoms with Crippen molar-refractivity contribution in [2.75, 3.05) is 0 Å². The van der Waals surface area contributed by atoms with Crippen LogP contribution in [0.1, 0.15) is 10.4 Å². The predicted octanol–water partition coefficient (Wildman–Crippen LogP) is 8.03. The first-order valence-electron chi connectivity index (χ1n) is 7.21. The van der Waals surface area contributed by atoms with Crippen molar-refractivity contribution in [1.29, 1.82) is 0 Å². The highest BCUT2D eigenvalue weighted by molar-refractivity contribution is 6.43. The molecule has 3 rings (SSSR count). The second-order valence-electron chi connectivity index (χ2n) is 5.40. The monoisotopic (exact) mass is 479 g/mol. The van der Waals surface area contributed by atoms with Gasteiger partial charge in [0.25, 0.3) is 0 Å². The van der Waals surface area contributed by atoms with E-state index in [4.69, 9.17) is 69.6 Å². The van der Waals surface area contributed by atoms with Crippen LogP contribution in [0.4, 0.5) is 0 Å². The van der Waals surface area contributed by atoms with Crippen LogP contribution in [0, 0.1) is 0 Å². The van der Waals surface area contributed by atoms with Crippen molar-refractivity contribution in [1.82, 2.24) is 4.98 Å². The van der Waals surface area contributed by atoms with Crippen LogP contribution in [-0.2, 0) is 0 Å². The van der Waals surface area contributed by atoms with Crippen molar-refractivity contribution in [2.24, 2.45) is 0 Å². The molecule has 0 bridgehead atoms. The van der Waals surface area contributed by atoms with Gasteiger partial charge in [-0.25, -0.2) is 4.79 Å². The summed E-state index contributed by atoms with van der Waals surface area (Å²) in [6.45, 7) is 0. The minimum absolute atomic E-state index is 0.109. The minimum atomic E-state index is -1.23. The molecule has 0 aliphatic heterocycles. The number of aromatic nitrogens is 1. The van der Waals surface area contributed by atoms with Gasteiger partial charge in [-0.2, -0.15) is 0 Å². The lowest BCUT2D eigenvalue weighted by Gasteiger charge is -2.16. The summed E-state index contributed by atoms with van der Waals surface area (Å²) < 4.78 is 0. The molecule has 0 saturated heterocycles. The third-order valence-corrected chi connectivity index (χ3v) is 5.34. The standard InChI is InChI=1S/C18H7Cl6NO2/c19-7-1-11(21)16(12(22)2-7)9-5-25-6-10(15(9)18(26)27)17-13(23)3-8(20)4-14(17)24/h1-6H,(H,26,27). The van der Waals surface area contributed by atoms with Crippen molar-refractivity contribution < 1.29 is 9.90 Å². The van der Waals surface area contributed by atoms with Crippen molar-refractivity contribution in [3.63, 3.8) is 0 Å². The molecule has 0 atom stereocenters. The van der Waals surface area contributed by atoms with E-state index in [-0.39, 0.29) is 47.9 Å². The summed E-state index contributed by atoms with van der Waals surface area (Å²) in [4.78, 5) is 16.2. The molecule has 3 aromatic rings. The Bertz CT molecular complexity index is 962. The van der Waals surface area contributed by atoms with Crippen molar-refractivity contribution in [3.8, 4) is 22.3 Å². The fraction of sp³-hybridized carbons (Fsp3) is 0. The molecule has 0 radical (unpaired) electrons. The molecule has 1 N–H and O–H groups in total.